The van der Waals surface area contributed by atoms with Crippen LogP contribution in [0.15, 0.2) is 48.6 Å². The minimum absolute atomic E-state index is 0.0910. The van der Waals surface area contributed by atoms with Crippen molar-refractivity contribution < 1.29 is 19.4 Å². The van der Waals surface area contributed by atoms with E-state index in [1.165, 1.54) is 17.5 Å². The molecule has 0 amide bonds. The van der Waals surface area contributed by atoms with E-state index in [1.54, 1.807) is 18.2 Å². The summed E-state index contributed by atoms with van der Waals surface area (Å²) in [7, 11) is 0. The van der Waals surface area contributed by atoms with Crippen LogP contribution in [0.3, 0.4) is 0 Å². The molecule has 1 heterocycles. The monoisotopic (exact) mass is 406 g/mol. The smallest absolute Gasteiger partial charge is 0.492 e. The third kappa shape index (κ3) is 3.01. The van der Waals surface area contributed by atoms with Crippen molar-refractivity contribution in [3.63, 3.8) is 0 Å². The van der Waals surface area contributed by atoms with Gasteiger partial charge in [0, 0.05) is 5.56 Å². The number of carboxylic acid groups (broad SMARTS) is 1. The number of benzene rings is 2. The zero-order chi connectivity index (χ0) is 21.9. The lowest BCUT2D eigenvalue weighted by molar-refractivity contribution is 0.144. The Kier molecular flexibility index (Phi) is 4.53. The van der Waals surface area contributed by atoms with Gasteiger partial charge in [0.25, 0.3) is 0 Å². The Bertz CT molecular complexity index is 1050. The molecule has 4 rings (SSSR count). The molecule has 0 spiro atoms. The molecule has 2 aromatic carbocycles. The van der Waals surface area contributed by atoms with Crippen molar-refractivity contribution >= 4 is 6.16 Å². The minimum atomic E-state index is -1.33. The fourth-order valence-corrected chi connectivity index (χ4v) is 5.09. The Labute approximate surface area is 178 Å². The summed E-state index contributed by atoms with van der Waals surface area (Å²) in [5.41, 5.74) is 5.47. The summed E-state index contributed by atoms with van der Waals surface area (Å²) in [6, 6.07) is 12.0. The molecule has 30 heavy (non-hydrogen) atoms. The molecular weight excluding hydrogens is 376 g/mol. The van der Waals surface area contributed by atoms with E-state index in [-0.39, 0.29) is 16.6 Å². The Hall–Kier alpha value is -2.75. The molecular formula is C26H30O4. The quantitative estimate of drug-likeness (QED) is 0.367. The molecule has 0 bridgehead atoms. The zero-order valence-electron chi connectivity index (χ0n) is 18.5. The van der Waals surface area contributed by atoms with E-state index >= 15 is 0 Å². The molecule has 1 aliphatic heterocycles. The SMILES string of the molecule is C=C(C)C1(c2ccc3c(c2)C(C)(C)CCC3(C)C)COc2ccc(OC(=O)O)cc21. The number of fused-ring (bicyclic) bond motifs is 2. The highest BCUT2D eigenvalue weighted by Crippen LogP contribution is 2.52. The molecule has 158 valence electrons. The van der Waals surface area contributed by atoms with Crippen molar-refractivity contribution in [3.8, 4) is 11.5 Å². The van der Waals surface area contributed by atoms with E-state index in [4.69, 9.17) is 14.6 Å². The standard InChI is InChI=1S/C26H30O4/c1-16(2)26(15-29-22-10-8-18(14-21(22)26)30-23(27)28)17-7-9-19-20(13-17)25(5,6)12-11-24(19,3)4/h7-10,13-14H,1,11-12,15H2,2-6H3,(H,27,28). The van der Waals surface area contributed by atoms with Crippen molar-refractivity contribution in [1.29, 1.82) is 0 Å². The topological polar surface area (TPSA) is 55.8 Å². The second-order valence-electron chi connectivity index (χ2n) is 10.0. The molecule has 0 fully saturated rings. The van der Waals surface area contributed by atoms with E-state index in [0.717, 1.165) is 28.9 Å². The second kappa shape index (κ2) is 6.63. The van der Waals surface area contributed by atoms with Gasteiger partial charge in [-0.3, -0.25) is 0 Å². The highest BCUT2D eigenvalue weighted by atomic mass is 16.7. The number of ether oxygens (including phenoxy) is 2. The van der Waals surface area contributed by atoms with Crippen molar-refractivity contribution in [3.05, 3.63) is 70.8 Å². The van der Waals surface area contributed by atoms with Crippen LogP contribution in [0.5, 0.6) is 11.5 Å². The predicted molar refractivity (Wildman–Crippen MR) is 118 cm³/mol. The molecule has 1 N–H and O–H groups in total. The third-order valence-electron chi connectivity index (χ3n) is 7.13. The molecule has 2 aromatic rings. The molecule has 4 heteroatoms. The van der Waals surface area contributed by atoms with Gasteiger partial charge in [-0.25, -0.2) is 4.79 Å². The van der Waals surface area contributed by atoms with Crippen molar-refractivity contribution in [2.24, 2.45) is 0 Å². The molecule has 1 aliphatic carbocycles. The lowest BCUT2D eigenvalue weighted by Crippen LogP contribution is -2.36. The lowest BCUT2D eigenvalue weighted by atomic mass is 9.61. The summed E-state index contributed by atoms with van der Waals surface area (Å²) < 4.78 is 11.0. The lowest BCUT2D eigenvalue weighted by Gasteiger charge is -2.43. The van der Waals surface area contributed by atoms with Crippen LogP contribution in [-0.2, 0) is 16.2 Å². The van der Waals surface area contributed by atoms with E-state index in [1.807, 2.05) is 6.92 Å². The summed E-state index contributed by atoms with van der Waals surface area (Å²) in [6.07, 6.45) is 0.979. The normalized spacial score (nSPS) is 23.1. The van der Waals surface area contributed by atoms with Crippen molar-refractivity contribution in [1.82, 2.24) is 0 Å². The summed E-state index contributed by atoms with van der Waals surface area (Å²) in [5.74, 6) is 1.03. The average molecular weight is 407 g/mol. The van der Waals surface area contributed by atoms with Gasteiger partial charge in [-0.05, 0) is 65.5 Å². The number of hydrogen-bond donors (Lipinski definition) is 1. The molecule has 2 aliphatic rings. The van der Waals surface area contributed by atoms with Gasteiger partial charge in [-0.2, -0.15) is 0 Å². The van der Waals surface area contributed by atoms with Crippen LogP contribution in [0, 0.1) is 0 Å². The van der Waals surface area contributed by atoms with Crippen molar-refractivity contribution in [2.45, 2.75) is 63.7 Å². The van der Waals surface area contributed by atoms with Crippen LogP contribution >= 0.6 is 0 Å². The summed E-state index contributed by atoms with van der Waals surface area (Å²) in [4.78, 5) is 11.1. The molecule has 0 saturated heterocycles. The fraction of sp³-hybridized carbons (Fsp3) is 0.423. The van der Waals surface area contributed by atoms with Gasteiger partial charge >= 0.3 is 6.16 Å². The Balaban J connectivity index is 1.92. The zero-order valence-corrected chi connectivity index (χ0v) is 18.5. The van der Waals surface area contributed by atoms with E-state index in [0.29, 0.717) is 6.61 Å². The Morgan fingerprint density at radius 2 is 1.67 bits per heavy atom. The Morgan fingerprint density at radius 3 is 2.30 bits per heavy atom. The minimum Gasteiger partial charge on any atom is -0.492 e. The fourth-order valence-electron chi connectivity index (χ4n) is 5.09. The van der Waals surface area contributed by atoms with Gasteiger partial charge in [0.2, 0.25) is 0 Å². The van der Waals surface area contributed by atoms with E-state index in [2.05, 4.69) is 52.5 Å². The van der Waals surface area contributed by atoms with Gasteiger partial charge in [-0.1, -0.05) is 58.0 Å². The Morgan fingerprint density at radius 1 is 1.00 bits per heavy atom. The third-order valence-corrected chi connectivity index (χ3v) is 7.13. The van der Waals surface area contributed by atoms with Crippen molar-refractivity contribution in [2.75, 3.05) is 6.61 Å². The maximum Gasteiger partial charge on any atom is 0.511 e. The van der Waals surface area contributed by atoms with Crippen LogP contribution in [0.4, 0.5) is 4.79 Å². The largest absolute Gasteiger partial charge is 0.511 e. The second-order valence-corrected chi connectivity index (χ2v) is 10.0. The van der Waals surface area contributed by atoms with Gasteiger partial charge in [0.05, 0.1) is 5.41 Å². The first-order chi connectivity index (χ1) is 14.0. The van der Waals surface area contributed by atoms with Crippen LogP contribution in [-0.4, -0.2) is 17.9 Å². The average Bonchev–Trinajstić information content (AvgIpc) is 3.05. The number of carbonyl (C=O) groups is 1. The van der Waals surface area contributed by atoms with E-state index in [9.17, 15) is 4.79 Å². The highest BCUT2D eigenvalue weighted by molar-refractivity contribution is 5.64. The molecule has 1 unspecified atom stereocenters. The molecule has 0 radical (unpaired) electrons. The first kappa shape index (κ1) is 20.5. The van der Waals surface area contributed by atoms with Crippen LogP contribution in [0.1, 0.15) is 69.7 Å². The van der Waals surface area contributed by atoms with Gasteiger partial charge in [0.1, 0.15) is 18.1 Å². The van der Waals surface area contributed by atoms with Crippen LogP contribution < -0.4 is 9.47 Å². The summed E-state index contributed by atoms with van der Waals surface area (Å²) in [5, 5.41) is 9.04. The summed E-state index contributed by atoms with van der Waals surface area (Å²) >= 11 is 0. The van der Waals surface area contributed by atoms with Gasteiger partial charge in [0.15, 0.2) is 0 Å². The number of hydrogen-bond acceptors (Lipinski definition) is 3. The van der Waals surface area contributed by atoms with Gasteiger partial charge in [-0.15, -0.1) is 0 Å². The first-order valence-corrected chi connectivity index (χ1v) is 10.5. The molecule has 4 nitrogen and oxygen atoms in total. The molecule has 1 atom stereocenters. The molecule has 0 saturated carbocycles. The maximum atomic E-state index is 11.1. The maximum absolute atomic E-state index is 11.1. The number of rotatable bonds is 3. The van der Waals surface area contributed by atoms with E-state index < -0.39 is 11.6 Å². The highest BCUT2D eigenvalue weighted by Gasteiger charge is 2.45. The predicted octanol–water partition coefficient (Wildman–Crippen LogP) is 6.35. The first-order valence-electron chi connectivity index (χ1n) is 10.5. The van der Waals surface area contributed by atoms with Crippen LogP contribution in [0.25, 0.3) is 0 Å². The van der Waals surface area contributed by atoms with Crippen LogP contribution in [0.2, 0.25) is 0 Å². The summed E-state index contributed by atoms with van der Waals surface area (Å²) in [6.45, 7) is 16.0. The van der Waals surface area contributed by atoms with Gasteiger partial charge < -0.3 is 14.6 Å². The molecule has 0 aromatic heterocycles.